The van der Waals surface area contributed by atoms with Gasteiger partial charge in [-0.15, -0.1) is 0 Å². The second-order valence-electron chi connectivity index (χ2n) is 11.1. The Hall–Kier alpha value is -5.37. The third-order valence-electron chi connectivity index (χ3n) is 9.14. The van der Waals surface area contributed by atoms with Crippen LogP contribution in [0.1, 0.15) is 43.4 Å². The Balaban J connectivity index is 1.52. The van der Waals surface area contributed by atoms with Gasteiger partial charge in [-0.3, -0.25) is 14.4 Å². The van der Waals surface area contributed by atoms with Gasteiger partial charge in [0.25, 0.3) is 0 Å². The van der Waals surface area contributed by atoms with E-state index >= 15 is 4.79 Å². The predicted octanol–water partition coefficient (Wildman–Crippen LogP) is 5.69. The molecule has 4 aromatic carbocycles. The third-order valence-corrected chi connectivity index (χ3v) is 9.14. The number of rotatable bonds is 7. The SMILES string of the molecule is COc1cccc(C(=O)[C@@H]2[C@H](C(=O)c3ccc(OC)c(OC)c3)[C@@]3(C(=O)Nc4ccccc43)[C@H]3c4ccccc4C=CN23)c1. The Bertz CT molecular complexity index is 1870. The number of ether oxygens (including phenoxy) is 3. The molecule has 1 N–H and O–H groups in total. The fraction of sp³-hybridized carbons (Fsp3) is 0.194. The lowest BCUT2D eigenvalue weighted by atomic mass is 9.62. The van der Waals surface area contributed by atoms with Gasteiger partial charge in [-0.25, -0.2) is 0 Å². The number of hydrogen-bond donors (Lipinski definition) is 1. The number of Topliss-reactive ketones (excluding diaryl/α,β-unsaturated/α-hetero) is 2. The summed E-state index contributed by atoms with van der Waals surface area (Å²) in [5.41, 5.74) is 2.37. The maximum absolute atomic E-state index is 15.1. The Labute approximate surface area is 254 Å². The van der Waals surface area contributed by atoms with Crippen LogP contribution >= 0.6 is 0 Å². The maximum atomic E-state index is 15.1. The molecule has 3 aliphatic heterocycles. The van der Waals surface area contributed by atoms with Crippen LogP contribution in [0.2, 0.25) is 0 Å². The van der Waals surface area contributed by atoms with Gasteiger partial charge < -0.3 is 24.4 Å². The molecule has 0 unspecified atom stereocenters. The molecule has 0 saturated carbocycles. The highest BCUT2D eigenvalue weighted by molar-refractivity contribution is 6.16. The predicted molar refractivity (Wildman–Crippen MR) is 165 cm³/mol. The number of nitrogens with zero attached hydrogens (tertiary/aromatic N) is 1. The summed E-state index contributed by atoms with van der Waals surface area (Å²) in [4.78, 5) is 46.3. The summed E-state index contributed by atoms with van der Waals surface area (Å²) < 4.78 is 16.4. The minimum absolute atomic E-state index is 0.286. The molecule has 1 saturated heterocycles. The molecule has 0 radical (unpaired) electrons. The van der Waals surface area contributed by atoms with Crippen LogP contribution in [0.5, 0.6) is 17.2 Å². The van der Waals surface area contributed by atoms with E-state index in [2.05, 4.69) is 5.32 Å². The number of para-hydroxylation sites is 1. The van der Waals surface area contributed by atoms with Gasteiger partial charge in [-0.1, -0.05) is 54.6 Å². The highest BCUT2D eigenvalue weighted by atomic mass is 16.5. The number of carbonyl (C=O) groups excluding carboxylic acids is 3. The minimum Gasteiger partial charge on any atom is -0.497 e. The van der Waals surface area contributed by atoms with Crippen molar-refractivity contribution >= 4 is 29.2 Å². The second-order valence-corrected chi connectivity index (χ2v) is 11.1. The fourth-order valence-electron chi connectivity index (χ4n) is 7.28. The number of hydrogen-bond acceptors (Lipinski definition) is 7. The summed E-state index contributed by atoms with van der Waals surface area (Å²) in [6, 6.07) is 25.4. The van der Waals surface area contributed by atoms with Gasteiger partial charge in [-0.2, -0.15) is 0 Å². The average Bonchev–Trinajstić information content (AvgIpc) is 3.55. The molecule has 0 aliphatic carbocycles. The summed E-state index contributed by atoms with van der Waals surface area (Å²) in [6.45, 7) is 0. The van der Waals surface area contributed by atoms with Crippen molar-refractivity contribution in [3.63, 3.8) is 0 Å². The lowest BCUT2D eigenvalue weighted by molar-refractivity contribution is -0.122. The van der Waals surface area contributed by atoms with Crippen molar-refractivity contribution < 1.29 is 28.6 Å². The first-order valence-corrected chi connectivity index (χ1v) is 14.3. The number of amides is 1. The topological polar surface area (TPSA) is 94.2 Å². The zero-order valence-corrected chi connectivity index (χ0v) is 24.4. The molecule has 3 aliphatic rings. The molecule has 4 aromatic rings. The lowest BCUT2D eigenvalue weighted by Crippen LogP contribution is -2.49. The molecule has 3 heterocycles. The number of fused-ring (bicyclic) bond motifs is 6. The van der Waals surface area contributed by atoms with Gasteiger partial charge >= 0.3 is 0 Å². The Kier molecular flexibility index (Phi) is 6.50. The smallest absolute Gasteiger partial charge is 0.238 e. The van der Waals surface area contributed by atoms with Crippen LogP contribution in [0.15, 0.2) is 97.2 Å². The van der Waals surface area contributed by atoms with Crippen LogP contribution in [0.3, 0.4) is 0 Å². The highest BCUT2D eigenvalue weighted by Gasteiger charge is 2.70. The largest absolute Gasteiger partial charge is 0.497 e. The van der Waals surface area contributed by atoms with Crippen molar-refractivity contribution in [2.45, 2.75) is 17.5 Å². The van der Waals surface area contributed by atoms with E-state index in [1.807, 2.05) is 65.7 Å². The number of ketones is 2. The minimum atomic E-state index is -1.43. The summed E-state index contributed by atoms with van der Waals surface area (Å²) >= 11 is 0. The van der Waals surface area contributed by atoms with Crippen LogP contribution in [-0.4, -0.2) is 49.7 Å². The van der Waals surface area contributed by atoms with E-state index in [4.69, 9.17) is 14.2 Å². The van der Waals surface area contributed by atoms with E-state index in [0.717, 1.165) is 11.1 Å². The molecule has 8 heteroatoms. The van der Waals surface area contributed by atoms with E-state index in [1.165, 1.54) is 21.3 Å². The molecule has 0 bridgehead atoms. The normalized spacial score (nSPS) is 22.6. The van der Waals surface area contributed by atoms with Gasteiger partial charge in [-0.05, 0) is 59.2 Å². The number of anilines is 1. The van der Waals surface area contributed by atoms with Crippen LogP contribution < -0.4 is 19.5 Å². The third kappa shape index (κ3) is 3.80. The average molecular weight is 587 g/mol. The monoisotopic (exact) mass is 586 g/mol. The van der Waals surface area contributed by atoms with Gasteiger partial charge in [0.05, 0.1) is 33.3 Å². The van der Waals surface area contributed by atoms with Crippen LogP contribution in [0.4, 0.5) is 5.69 Å². The van der Waals surface area contributed by atoms with E-state index in [9.17, 15) is 9.59 Å². The first-order chi connectivity index (χ1) is 21.4. The van der Waals surface area contributed by atoms with Crippen molar-refractivity contribution in [2.24, 2.45) is 5.92 Å². The zero-order valence-electron chi connectivity index (χ0n) is 24.4. The molecule has 220 valence electrons. The second kappa shape index (κ2) is 10.4. The molecule has 1 amide bonds. The van der Waals surface area contributed by atoms with Crippen molar-refractivity contribution in [2.75, 3.05) is 26.6 Å². The van der Waals surface area contributed by atoms with E-state index < -0.39 is 23.4 Å². The number of benzene rings is 4. The van der Waals surface area contributed by atoms with Crippen molar-refractivity contribution in [3.8, 4) is 17.2 Å². The fourth-order valence-corrected chi connectivity index (χ4v) is 7.28. The molecular formula is C36H30N2O6. The molecule has 4 atom stereocenters. The summed E-state index contributed by atoms with van der Waals surface area (Å²) in [7, 11) is 4.56. The number of carbonyl (C=O) groups is 3. The van der Waals surface area contributed by atoms with E-state index in [1.54, 1.807) is 42.5 Å². The summed E-state index contributed by atoms with van der Waals surface area (Å²) in [5.74, 6) is -0.702. The van der Waals surface area contributed by atoms with Gasteiger partial charge in [0.15, 0.2) is 23.1 Å². The van der Waals surface area contributed by atoms with E-state index in [0.29, 0.717) is 39.6 Å². The van der Waals surface area contributed by atoms with Crippen molar-refractivity contribution in [1.29, 1.82) is 0 Å². The van der Waals surface area contributed by atoms with Gasteiger partial charge in [0, 0.05) is 23.0 Å². The molecule has 1 fully saturated rings. The van der Waals surface area contributed by atoms with E-state index in [-0.39, 0.29) is 17.5 Å². The molecule has 7 rings (SSSR count). The van der Waals surface area contributed by atoms with Crippen molar-refractivity contribution in [3.05, 3.63) is 125 Å². The molecule has 8 nitrogen and oxygen atoms in total. The summed E-state index contributed by atoms with van der Waals surface area (Å²) in [5, 5.41) is 3.07. The number of nitrogens with one attached hydrogen (secondary N) is 1. The lowest BCUT2D eigenvalue weighted by Gasteiger charge is -2.38. The Morgan fingerprint density at radius 3 is 2.32 bits per heavy atom. The molecule has 44 heavy (non-hydrogen) atoms. The van der Waals surface area contributed by atoms with Crippen LogP contribution in [0.25, 0.3) is 6.08 Å². The highest BCUT2D eigenvalue weighted by Crippen LogP contribution is 2.62. The molecule has 0 aromatic heterocycles. The van der Waals surface area contributed by atoms with Gasteiger partial charge in [0.1, 0.15) is 17.2 Å². The zero-order chi connectivity index (χ0) is 30.6. The maximum Gasteiger partial charge on any atom is 0.238 e. The molecule has 1 spiro atoms. The first kappa shape index (κ1) is 27.5. The number of methoxy groups -OCH3 is 3. The van der Waals surface area contributed by atoms with Crippen LogP contribution in [-0.2, 0) is 10.2 Å². The first-order valence-electron chi connectivity index (χ1n) is 14.3. The van der Waals surface area contributed by atoms with Crippen LogP contribution in [0, 0.1) is 5.92 Å². The van der Waals surface area contributed by atoms with Gasteiger partial charge in [0.2, 0.25) is 5.91 Å². The standard InChI is InChI=1S/C36H30N2O6/c1-42-24-11-8-10-22(19-24)33(40)31-30(32(39)23-15-16-28(43-2)29(20-23)44-3)36(26-13-6-7-14-27(26)37-35(36)41)34-25-12-5-4-9-21(25)17-18-38(31)34/h4-20,30-31,34H,1-3H3,(H,37,41)/t30-,31+,34-,36-/m1/s1. The Morgan fingerprint density at radius 1 is 0.773 bits per heavy atom. The quantitative estimate of drug-likeness (QED) is 0.278. The summed E-state index contributed by atoms with van der Waals surface area (Å²) in [6.07, 6.45) is 3.79. The molecular weight excluding hydrogens is 556 g/mol. The Morgan fingerprint density at radius 2 is 1.52 bits per heavy atom. The van der Waals surface area contributed by atoms with Crippen molar-refractivity contribution in [1.82, 2.24) is 4.90 Å².